The maximum absolute atomic E-state index is 9.91. The van der Waals surface area contributed by atoms with Crippen LogP contribution in [0.5, 0.6) is 11.5 Å². The second kappa shape index (κ2) is 4.50. The molecule has 17 heavy (non-hydrogen) atoms. The molecule has 0 bridgehead atoms. The molecular formula is C15H16O2. The maximum Gasteiger partial charge on any atom is 0.165 e. The van der Waals surface area contributed by atoms with Gasteiger partial charge in [0.2, 0.25) is 0 Å². The Morgan fingerprint density at radius 3 is 2.18 bits per heavy atom. The molecule has 0 atom stereocenters. The molecule has 0 unspecified atom stereocenters. The summed E-state index contributed by atoms with van der Waals surface area (Å²) in [6.45, 7) is 4.22. The van der Waals surface area contributed by atoms with E-state index in [0.29, 0.717) is 11.5 Å². The largest absolute Gasteiger partial charge is 0.504 e. The van der Waals surface area contributed by atoms with E-state index in [1.807, 2.05) is 30.3 Å². The summed E-state index contributed by atoms with van der Waals surface area (Å²) < 4.78 is 0. The number of aromatic hydroxyl groups is 2. The lowest BCUT2D eigenvalue weighted by Crippen LogP contribution is -1.92. The van der Waals surface area contributed by atoms with Gasteiger partial charge in [-0.2, -0.15) is 0 Å². The van der Waals surface area contributed by atoms with E-state index in [4.69, 9.17) is 0 Å². The first-order valence-electron chi connectivity index (χ1n) is 5.71. The zero-order valence-corrected chi connectivity index (χ0v) is 10.0. The molecule has 0 radical (unpaired) electrons. The molecule has 2 heteroatoms. The lowest BCUT2D eigenvalue weighted by atomic mass is 9.92. The van der Waals surface area contributed by atoms with E-state index in [1.165, 1.54) is 6.07 Å². The molecule has 0 heterocycles. The van der Waals surface area contributed by atoms with Crippen LogP contribution in [-0.4, -0.2) is 10.2 Å². The van der Waals surface area contributed by atoms with Crippen molar-refractivity contribution in [3.63, 3.8) is 0 Å². The zero-order chi connectivity index (χ0) is 12.4. The van der Waals surface area contributed by atoms with Crippen LogP contribution in [0.1, 0.15) is 25.3 Å². The molecule has 0 fully saturated rings. The van der Waals surface area contributed by atoms with Crippen LogP contribution in [0, 0.1) is 0 Å². The summed E-state index contributed by atoms with van der Waals surface area (Å²) in [6.07, 6.45) is 0. The molecule has 0 aliphatic rings. The molecule has 2 aromatic rings. The number of para-hydroxylation sites is 1. The lowest BCUT2D eigenvalue weighted by Gasteiger charge is -2.14. The highest BCUT2D eigenvalue weighted by Crippen LogP contribution is 2.39. The van der Waals surface area contributed by atoms with Crippen LogP contribution in [-0.2, 0) is 0 Å². The molecule has 0 spiro atoms. The van der Waals surface area contributed by atoms with Crippen LogP contribution in [0.4, 0.5) is 0 Å². The van der Waals surface area contributed by atoms with E-state index in [1.54, 1.807) is 6.07 Å². The van der Waals surface area contributed by atoms with Gasteiger partial charge in [0.15, 0.2) is 11.5 Å². The summed E-state index contributed by atoms with van der Waals surface area (Å²) >= 11 is 0. The van der Waals surface area contributed by atoms with Crippen molar-refractivity contribution in [1.29, 1.82) is 0 Å². The Balaban J connectivity index is 2.64. The highest BCUT2D eigenvalue weighted by molar-refractivity contribution is 5.76. The van der Waals surface area contributed by atoms with Crippen molar-refractivity contribution in [3.05, 3.63) is 48.0 Å². The fourth-order valence-corrected chi connectivity index (χ4v) is 1.99. The molecule has 0 aromatic heterocycles. The molecular weight excluding hydrogens is 212 g/mol. The predicted octanol–water partition coefficient (Wildman–Crippen LogP) is 3.89. The van der Waals surface area contributed by atoms with Gasteiger partial charge < -0.3 is 10.2 Å². The SMILES string of the molecule is CC(C)c1ccccc1-c1cccc(O)c1O. The molecule has 0 saturated carbocycles. The van der Waals surface area contributed by atoms with E-state index < -0.39 is 0 Å². The van der Waals surface area contributed by atoms with E-state index >= 15 is 0 Å². The van der Waals surface area contributed by atoms with Crippen molar-refractivity contribution in [1.82, 2.24) is 0 Å². The first kappa shape index (κ1) is 11.5. The molecule has 0 saturated heterocycles. The minimum absolute atomic E-state index is 0.0550. The van der Waals surface area contributed by atoms with Crippen molar-refractivity contribution in [2.45, 2.75) is 19.8 Å². The Morgan fingerprint density at radius 1 is 0.824 bits per heavy atom. The Kier molecular flexibility index (Phi) is 3.05. The third kappa shape index (κ3) is 2.11. The highest BCUT2D eigenvalue weighted by Gasteiger charge is 2.12. The van der Waals surface area contributed by atoms with Gasteiger partial charge in [0.05, 0.1) is 0 Å². The molecule has 2 aromatic carbocycles. The third-order valence-corrected chi connectivity index (χ3v) is 2.89. The topological polar surface area (TPSA) is 40.5 Å². The van der Waals surface area contributed by atoms with Gasteiger partial charge in [-0.15, -0.1) is 0 Å². The van der Waals surface area contributed by atoms with Gasteiger partial charge in [-0.3, -0.25) is 0 Å². The van der Waals surface area contributed by atoms with Crippen LogP contribution in [0.15, 0.2) is 42.5 Å². The molecule has 0 amide bonds. The van der Waals surface area contributed by atoms with Gasteiger partial charge in [-0.25, -0.2) is 0 Å². The quantitative estimate of drug-likeness (QED) is 0.765. The minimum Gasteiger partial charge on any atom is -0.504 e. The van der Waals surface area contributed by atoms with E-state index in [9.17, 15) is 10.2 Å². The van der Waals surface area contributed by atoms with Crippen molar-refractivity contribution < 1.29 is 10.2 Å². The summed E-state index contributed by atoms with van der Waals surface area (Å²) in [5.41, 5.74) is 2.80. The Bertz CT molecular complexity index is 530. The van der Waals surface area contributed by atoms with Crippen LogP contribution in [0.25, 0.3) is 11.1 Å². The smallest absolute Gasteiger partial charge is 0.165 e. The Hall–Kier alpha value is -1.96. The summed E-state index contributed by atoms with van der Waals surface area (Å²) in [5, 5.41) is 19.4. The first-order valence-corrected chi connectivity index (χ1v) is 5.71. The van der Waals surface area contributed by atoms with Gasteiger partial charge in [-0.05, 0) is 23.1 Å². The zero-order valence-electron chi connectivity index (χ0n) is 10.0. The summed E-state index contributed by atoms with van der Waals surface area (Å²) in [5.74, 6) is 0.231. The molecule has 88 valence electrons. The number of hydrogen-bond donors (Lipinski definition) is 2. The van der Waals surface area contributed by atoms with Crippen molar-refractivity contribution in [3.8, 4) is 22.6 Å². The van der Waals surface area contributed by atoms with Crippen LogP contribution < -0.4 is 0 Å². The maximum atomic E-state index is 9.91. The number of phenolic OH excluding ortho intramolecular Hbond substituents is 2. The monoisotopic (exact) mass is 228 g/mol. The molecule has 0 aliphatic heterocycles. The number of phenols is 2. The highest BCUT2D eigenvalue weighted by atomic mass is 16.3. The second-order valence-electron chi connectivity index (χ2n) is 4.42. The lowest BCUT2D eigenvalue weighted by molar-refractivity contribution is 0.405. The van der Waals surface area contributed by atoms with Gasteiger partial charge >= 0.3 is 0 Å². The average molecular weight is 228 g/mol. The number of rotatable bonds is 2. The van der Waals surface area contributed by atoms with Gasteiger partial charge in [0.25, 0.3) is 0 Å². The van der Waals surface area contributed by atoms with Crippen molar-refractivity contribution in [2.75, 3.05) is 0 Å². The average Bonchev–Trinajstić information content (AvgIpc) is 2.33. The number of benzene rings is 2. The normalized spacial score (nSPS) is 10.8. The van der Waals surface area contributed by atoms with Crippen LogP contribution in [0.3, 0.4) is 0 Å². The van der Waals surface area contributed by atoms with E-state index in [0.717, 1.165) is 11.1 Å². The van der Waals surface area contributed by atoms with Crippen LogP contribution >= 0.6 is 0 Å². The fraction of sp³-hybridized carbons (Fsp3) is 0.200. The van der Waals surface area contributed by atoms with Gasteiger partial charge in [0.1, 0.15) is 0 Å². The predicted molar refractivity (Wildman–Crippen MR) is 69.3 cm³/mol. The molecule has 0 aliphatic carbocycles. The Labute approximate surface area is 101 Å². The van der Waals surface area contributed by atoms with Crippen molar-refractivity contribution >= 4 is 0 Å². The molecule has 2 nitrogen and oxygen atoms in total. The van der Waals surface area contributed by atoms with Gasteiger partial charge in [-0.1, -0.05) is 50.2 Å². The Morgan fingerprint density at radius 2 is 1.47 bits per heavy atom. The second-order valence-corrected chi connectivity index (χ2v) is 4.42. The van der Waals surface area contributed by atoms with E-state index in [-0.39, 0.29) is 11.5 Å². The fourth-order valence-electron chi connectivity index (χ4n) is 1.99. The minimum atomic E-state index is -0.0824. The van der Waals surface area contributed by atoms with E-state index in [2.05, 4.69) is 13.8 Å². The van der Waals surface area contributed by atoms with Crippen molar-refractivity contribution in [2.24, 2.45) is 0 Å². The van der Waals surface area contributed by atoms with Gasteiger partial charge in [0, 0.05) is 5.56 Å². The summed E-state index contributed by atoms with van der Waals surface area (Å²) in [6, 6.07) is 13.0. The first-order chi connectivity index (χ1) is 8.11. The summed E-state index contributed by atoms with van der Waals surface area (Å²) in [7, 11) is 0. The van der Waals surface area contributed by atoms with Crippen LogP contribution in [0.2, 0.25) is 0 Å². The summed E-state index contributed by atoms with van der Waals surface area (Å²) in [4.78, 5) is 0. The molecule has 2 rings (SSSR count). The third-order valence-electron chi connectivity index (χ3n) is 2.89. The molecule has 2 N–H and O–H groups in total. The number of hydrogen-bond acceptors (Lipinski definition) is 2. The standard InChI is InChI=1S/C15H16O2/c1-10(2)11-6-3-4-7-12(11)13-8-5-9-14(16)15(13)17/h3-10,16-17H,1-2H3.